The van der Waals surface area contributed by atoms with Crippen molar-refractivity contribution in [3.8, 4) is 5.75 Å². The lowest BCUT2D eigenvalue weighted by molar-refractivity contribution is -0.678. The lowest BCUT2D eigenvalue weighted by Crippen LogP contribution is -2.35. The van der Waals surface area contributed by atoms with Crippen LogP contribution in [0.3, 0.4) is 0 Å². The molecule has 0 unspecified atom stereocenters. The minimum Gasteiger partial charge on any atom is -0.481 e. The van der Waals surface area contributed by atoms with Crippen LogP contribution in [0.2, 0.25) is 0 Å². The van der Waals surface area contributed by atoms with Crippen molar-refractivity contribution in [2.24, 2.45) is 0 Å². The Morgan fingerprint density at radius 1 is 0.612 bits per heavy atom. The number of anilines is 1. The van der Waals surface area contributed by atoms with Crippen LogP contribution in [0.25, 0.3) is 60.8 Å². The van der Waals surface area contributed by atoms with Crippen LogP contribution in [0.5, 0.6) is 5.75 Å². The Morgan fingerprint density at radius 2 is 1.19 bits per heavy atom. The van der Waals surface area contributed by atoms with Crippen molar-refractivity contribution in [2.45, 2.75) is 83.8 Å². The number of aryl methyl sites for hydroxylation is 3. The summed E-state index contributed by atoms with van der Waals surface area (Å²) in [5.41, 5.74) is 5.88. The van der Waals surface area contributed by atoms with Crippen molar-refractivity contribution < 1.29 is 59.5 Å². The third-order valence-corrected chi connectivity index (χ3v) is 13.7. The van der Waals surface area contributed by atoms with Gasteiger partial charge < -0.3 is 33.4 Å². The minimum absolute atomic E-state index is 0.0902. The van der Waals surface area contributed by atoms with Crippen LogP contribution in [0.1, 0.15) is 70.1 Å². The molecule has 18 heteroatoms. The second-order valence-corrected chi connectivity index (χ2v) is 19.9. The zero-order valence-corrected chi connectivity index (χ0v) is 38.4. The highest BCUT2D eigenvalue weighted by Gasteiger charge is 2.29. The molecule has 0 bridgehead atoms. The van der Waals surface area contributed by atoms with Crippen LogP contribution in [-0.2, 0) is 49.5 Å². The third kappa shape index (κ3) is 11.1. The lowest BCUT2D eigenvalue weighted by atomic mass is 10.1. The van der Waals surface area contributed by atoms with E-state index in [1.54, 1.807) is 0 Å². The molecule has 4 aromatic carbocycles. The molecule has 4 N–H and O–H groups in total. The highest BCUT2D eigenvalue weighted by atomic mass is 32.2. The van der Waals surface area contributed by atoms with Gasteiger partial charge >= 0.3 is 17.8 Å². The molecular formula is C49H53N4O12S2+. The summed E-state index contributed by atoms with van der Waals surface area (Å²) in [7, 11) is -8.26. The van der Waals surface area contributed by atoms with Gasteiger partial charge in [-0.25, -0.2) is 0 Å². The number of aromatic nitrogens is 3. The Labute approximate surface area is 387 Å². The smallest absolute Gasteiger partial charge is 0.374 e. The predicted molar refractivity (Wildman–Crippen MR) is 257 cm³/mol. The first-order valence-electron chi connectivity index (χ1n) is 22.4. The van der Waals surface area contributed by atoms with Gasteiger partial charge in [-0.15, -0.1) is 0 Å². The summed E-state index contributed by atoms with van der Waals surface area (Å²) < 4.78 is 84.3. The molecule has 7 aromatic rings. The molecule has 352 valence electrons. The number of para-hydroxylation sites is 2. The maximum absolute atomic E-state index is 11.6. The van der Waals surface area contributed by atoms with Crippen molar-refractivity contribution in [2.75, 3.05) is 23.0 Å². The van der Waals surface area contributed by atoms with Crippen LogP contribution in [-0.4, -0.2) is 75.3 Å². The SMILES string of the molecule is O=C(O)CCCCCN1\C(=C/C=C/C=C/c2oc3cc4c(cc3[n+]2CCCCCC(=O)O)c2ccccc2n4CCCS(=O)(=O)O)Oc2cc3c(cc21)c1ccccc1n3CCCS(=O)(=O)O. The predicted octanol–water partition coefficient (Wildman–Crippen LogP) is 9.09. The molecule has 4 heterocycles. The van der Waals surface area contributed by atoms with Gasteiger partial charge in [0.25, 0.3) is 25.8 Å². The van der Waals surface area contributed by atoms with Crippen molar-refractivity contribution >= 4 is 98.6 Å². The van der Waals surface area contributed by atoms with Crippen LogP contribution in [0.15, 0.2) is 107 Å². The highest BCUT2D eigenvalue weighted by Crippen LogP contribution is 2.44. The second-order valence-electron chi connectivity index (χ2n) is 16.8. The number of nitrogens with zero attached hydrogens (tertiary/aromatic N) is 4. The maximum atomic E-state index is 11.6. The Kier molecular flexibility index (Phi) is 14.2. The average Bonchev–Trinajstić information content (AvgIpc) is 3.98. The summed E-state index contributed by atoms with van der Waals surface area (Å²) in [6.45, 7) is 1.85. The Hall–Kier alpha value is -6.47. The molecule has 0 aliphatic carbocycles. The molecule has 0 spiro atoms. The number of aliphatic carboxylic acids is 2. The number of allylic oxidation sites excluding steroid dienone is 4. The number of unbranched alkanes of at least 4 members (excludes halogenated alkanes) is 4. The van der Waals surface area contributed by atoms with E-state index in [1.807, 2.05) is 100 Å². The normalized spacial score (nSPS) is 14.1. The summed E-state index contributed by atoms with van der Waals surface area (Å²) >= 11 is 0. The first kappa shape index (κ1) is 47.0. The van der Waals surface area contributed by atoms with Gasteiger partial charge in [-0.1, -0.05) is 61.0 Å². The molecule has 0 atom stereocenters. The highest BCUT2D eigenvalue weighted by molar-refractivity contribution is 7.86. The monoisotopic (exact) mass is 953 g/mol. The third-order valence-electron chi connectivity index (χ3n) is 12.1. The van der Waals surface area contributed by atoms with E-state index in [-0.39, 0.29) is 37.2 Å². The molecule has 0 radical (unpaired) electrons. The number of carboxylic acids is 2. The first-order chi connectivity index (χ1) is 32.1. The van der Waals surface area contributed by atoms with Gasteiger partial charge in [0.15, 0.2) is 12.3 Å². The topological polar surface area (TPSA) is 223 Å². The van der Waals surface area contributed by atoms with Gasteiger partial charge in [-0.2, -0.15) is 21.4 Å². The molecule has 3 aromatic heterocycles. The Morgan fingerprint density at radius 3 is 1.81 bits per heavy atom. The summed E-state index contributed by atoms with van der Waals surface area (Å²) in [6.07, 6.45) is 13.8. The van der Waals surface area contributed by atoms with E-state index in [4.69, 9.17) is 9.15 Å². The molecular weight excluding hydrogens is 901 g/mol. The number of ether oxygens (including phenoxy) is 1. The summed E-state index contributed by atoms with van der Waals surface area (Å²) in [4.78, 5) is 24.5. The van der Waals surface area contributed by atoms with E-state index in [2.05, 4.69) is 21.6 Å². The van der Waals surface area contributed by atoms with E-state index in [0.29, 0.717) is 87.8 Å². The Bertz CT molecular complexity index is 3330. The van der Waals surface area contributed by atoms with Gasteiger partial charge in [0.2, 0.25) is 11.5 Å². The van der Waals surface area contributed by atoms with Gasteiger partial charge in [0.05, 0.1) is 34.3 Å². The van der Waals surface area contributed by atoms with Gasteiger partial charge in [-0.05, 0) is 62.8 Å². The molecule has 1 aliphatic heterocycles. The number of benzene rings is 4. The number of hydrogen-bond acceptors (Lipinski definition) is 9. The molecule has 67 heavy (non-hydrogen) atoms. The molecule has 1 aliphatic rings. The average molecular weight is 954 g/mol. The number of rotatable bonds is 23. The maximum Gasteiger partial charge on any atom is 0.374 e. The molecule has 0 saturated heterocycles. The fourth-order valence-corrected chi connectivity index (χ4v) is 10.1. The van der Waals surface area contributed by atoms with Crippen LogP contribution >= 0.6 is 0 Å². The quantitative estimate of drug-likeness (QED) is 0.0204. The van der Waals surface area contributed by atoms with E-state index in [1.165, 1.54) is 0 Å². The fraction of sp³-hybridized carbons (Fsp3) is 0.327. The second kappa shape index (κ2) is 20.2. The van der Waals surface area contributed by atoms with E-state index in [9.17, 15) is 45.7 Å². The number of oxazole rings is 1. The summed E-state index contributed by atoms with van der Waals surface area (Å²) in [6, 6.07) is 23.8. The summed E-state index contributed by atoms with van der Waals surface area (Å²) in [5.74, 6) is -0.633. The zero-order chi connectivity index (χ0) is 47.3. The van der Waals surface area contributed by atoms with Crippen LogP contribution in [0, 0.1) is 0 Å². The van der Waals surface area contributed by atoms with Gasteiger partial charge in [-0.3, -0.25) is 18.7 Å². The van der Waals surface area contributed by atoms with E-state index >= 15 is 0 Å². The standard InChI is InChI=1S/C49H52N4O12S2/c54-48(55)22-6-2-12-24-52-42-30-36-34-16-8-10-18-38(34)50(26-14-28-66(58,59)60)40(36)32-44(42)64-46(52)20-4-1-5-21-47-53(25-13-3-7-23-49(56)57)43-31-37-35-17-9-11-19-39(35)51(27-15-29-67(61,62)63)41(37)33-45(43)65-47/h1,4-5,8-11,16-21,30-33H,2-3,6-7,12-15,22-29H2,(H3-,54,55,56,57,58,59,60,61,62,63)/p+1. The van der Waals surface area contributed by atoms with E-state index in [0.717, 1.165) is 54.8 Å². The number of fused-ring (bicyclic) bond motifs is 8. The number of carbonyl (C=O) groups is 2. The van der Waals surface area contributed by atoms with Gasteiger partial charge in [0, 0.05) is 89.7 Å². The fourth-order valence-electron chi connectivity index (χ4n) is 9.07. The number of carboxylic acid groups (broad SMARTS) is 2. The molecule has 0 saturated carbocycles. The van der Waals surface area contributed by atoms with E-state index < -0.39 is 32.2 Å². The molecule has 8 rings (SSSR count). The minimum atomic E-state index is -4.13. The molecule has 0 amide bonds. The zero-order valence-electron chi connectivity index (χ0n) is 36.8. The molecule has 0 fully saturated rings. The number of hydrogen-bond donors (Lipinski definition) is 4. The van der Waals surface area contributed by atoms with Gasteiger partial charge in [0.1, 0.15) is 0 Å². The first-order valence-corrected chi connectivity index (χ1v) is 25.6. The lowest BCUT2D eigenvalue weighted by Gasteiger charge is -2.18. The van der Waals surface area contributed by atoms with Crippen molar-refractivity contribution in [1.29, 1.82) is 0 Å². The van der Waals surface area contributed by atoms with Crippen molar-refractivity contribution in [1.82, 2.24) is 9.13 Å². The summed E-state index contributed by atoms with van der Waals surface area (Å²) in [5, 5.41) is 22.3. The van der Waals surface area contributed by atoms with Crippen molar-refractivity contribution in [3.63, 3.8) is 0 Å². The van der Waals surface area contributed by atoms with Crippen LogP contribution in [0.4, 0.5) is 5.69 Å². The van der Waals surface area contributed by atoms with Crippen molar-refractivity contribution in [3.05, 3.63) is 109 Å². The Balaban J connectivity index is 1.10. The largest absolute Gasteiger partial charge is 0.481 e. The van der Waals surface area contributed by atoms with Crippen LogP contribution < -0.4 is 14.2 Å². The molecule has 16 nitrogen and oxygen atoms in total.